The molecule has 2 aromatic heterocycles. The second kappa shape index (κ2) is 7.03. The molecule has 7 nitrogen and oxygen atoms in total. The van der Waals surface area contributed by atoms with Crippen LogP contribution in [0, 0.1) is 0 Å². The minimum atomic E-state index is 0.0443. The fourth-order valence-electron chi connectivity index (χ4n) is 4.17. The van der Waals surface area contributed by atoms with Crippen LogP contribution in [0.1, 0.15) is 42.1 Å². The normalized spacial score (nSPS) is 20.1. The second-order valence-electron chi connectivity index (χ2n) is 7.94. The molecule has 1 aliphatic heterocycles. The van der Waals surface area contributed by atoms with E-state index in [9.17, 15) is 4.79 Å². The number of hydrogen-bond acceptors (Lipinski definition) is 6. The van der Waals surface area contributed by atoms with Crippen molar-refractivity contribution < 1.29 is 0 Å². The molecule has 3 heterocycles. The minimum Gasteiger partial charge on any atom is -0.354 e. The van der Waals surface area contributed by atoms with E-state index in [4.69, 9.17) is 0 Å². The topological polar surface area (TPSA) is 67.2 Å². The number of nitrogens with zero attached hydrogens (tertiary/aromatic N) is 6. The van der Waals surface area contributed by atoms with Gasteiger partial charge in [-0.2, -0.15) is 5.10 Å². The Hall–Kier alpha value is -2.28. The number of rotatable bonds is 5. The lowest BCUT2D eigenvalue weighted by molar-refractivity contribution is 0.242. The molecule has 1 saturated heterocycles. The fourth-order valence-corrected chi connectivity index (χ4v) is 4.17. The number of aryl methyl sites for hydroxylation is 2. The fraction of sp³-hybridized carbons (Fsp3) is 0.600. The maximum atomic E-state index is 12.2. The molecule has 2 fully saturated rings. The van der Waals surface area contributed by atoms with Gasteiger partial charge in [-0.25, -0.2) is 14.6 Å². The van der Waals surface area contributed by atoms with Crippen molar-refractivity contribution in [3.8, 4) is 0 Å². The van der Waals surface area contributed by atoms with Gasteiger partial charge in [-0.3, -0.25) is 9.69 Å². The van der Waals surface area contributed by atoms with Crippen LogP contribution in [0.4, 0.5) is 5.82 Å². The molecule has 3 aliphatic rings. The summed E-state index contributed by atoms with van der Waals surface area (Å²) in [7, 11) is 0. The first kappa shape index (κ1) is 16.9. The molecule has 0 bridgehead atoms. The Morgan fingerprint density at radius 3 is 2.67 bits per heavy atom. The third-order valence-corrected chi connectivity index (χ3v) is 6.02. The van der Waals surface area contributed by atoms with E-state index in [0.29, 0.717) is 12.5 Å². The second-order valence-corrected chi connectivity index (χ2v) is 7.94. The molecule has 0 N–H and O–H groups in total. The van der Waals surface area contributed by atoms with Crippen LogP contribution in [-0.2, 0) is 19.4 Å². The summed E-state index contributed by atoms with van der Waals surface area (Å²) in [4.78, 5) is 25.9. The lowest BCUT2D eigenvalue weighted by atomic mass is 10.2. The van der Waals surface area contributed by atoms with Gasteiger partial charge < -0.3 is 4.90 Å². The van der Waals surface area contributed by atoms with E-state index in [0.717, 1.165) is 69.1 Å². The van der Waals surface area contributed by atoms with Crippen LogP contribution in [0.3, 0.4) is 0 Å². The zero-order chi connectivity index (χ0) is 18.2. The average molecular weight is 366 g/mol. The first-order valence-corrected chi connectivity index (χ1v) is 10.2. The first-order valence-electron chi connectivity index (χ1n) is 10.2. The van der Waals surface area contributed by atoms with E-state index in [-0.39, 0.29) is 5.56 Å². The van der Waals surface area contributed by atoms with Gasteiger partial charge in [-0.05, 0) is 37.7 Å². The van der Waals surface area contributed by atoms with Crippen molar-refractivity contribution in [3.05, 3.63) is 45.8 Å². The highest BCUT2D eigenvalue weighted by atomic mass is 16.1. The zero-order valence-electron chi connectivity index (χ0n) is 15.7. The van der Waals surface area contributed by atoms with Gasteiger partial charge in [0.1, 0.15) is 12.1 Å². The molecule has 0 spiro atoms. The Kier molecular flexibility index (Phi) is 4.39. The molecule has 7 heteroatoms. The summed E-state index contributed by atoms with van der Waals surface area (Å²) in [5.74, 6) is 1.72. The lowest BCUT2D eigenvalue weighted by Gasteiger charge is -2.35. The van der Waals surface area contributed by atoms with Gasteiger partial charge in [0.25, 0.3) is 5.56 Å². The molecule has 0 radical (unpaired) electrons. The van der Waals surface area contributed by atoms with Crippen molar-refractivity contribution in [1.29, 1.82) is 0 Å². The van der Waals surface area contributed by atoms with Gasteiger partial charge in [0.05, 0.1) is 12.2 Å². The maximum absolute atomic E-state index is 12.2. The molecule has 0 unspecified atom stereocenters. The van der Waals surface area contributed by atoms with Crippen LogP contribution >= 0.6 is 0 Å². The van der Waals surface area contributed by atoms with E-state index in [2.05, 4.69) is 30.9 Å². The lowest BCUT2D eigenvalue weighted by Crippen LogP contribution is -2.48. The SMILES string of the molecule is O=c1cc2c(nn1CCN1CCN(c3cc(C4CC4)ncn3)CC1)CCC2. The van der Waals surface area contributed by atoms with Gasteiger partial charge in [-0.1, -0.05) is 0 Å². The standard InChI is InChI=1S/C20H26N6O/c27-20-12-16-2-1-3-17(16)23-26(20)11-8-24-6-9-25(10-7-24)19-13-18(15-4-5-15)21-14-22-19/h12-15H,1-11H2. The number of hydrogen-bond donors (Lipinski definition) is 0. The highest BCUT2D eigenvalue weighted by Gasteiger charge is 2.26. The predicted molar refractivity (Wildman–Crippen MR) is 103 cm³/mol. The molecule has 142 valence electrons. The number of fused-ring (bicyclic) bond motifs is 1. The molecule has 0 atom stereocenters. The largest absolute Gasteiger partial charge is 0.354 e. The molecule has 0 amide bonds. The smallest absolute Gasteiger partial charge is 0.267 e. The monoisotopic (exact) mass is 366 g/mol. The molecule has 0 aromatic carbocycles. The summed E-state index contributed by atoms with van der Waals surface area (Å²) in [6, 6.07) is 3.96. The first-order chi connectivity index (χ1) is 13.3. The van der Waals surface area contributed by atoms with Crippen molar-refractivity contribution in [1.82, 2.24) is 24.6 Å². The van der Waals surface area contributed by atoms with E-state index >= 15 is 0 Å². The van der Waals surface area contributed by atoms with Crippen molar-refractivity contribution in [2.24, 2.45) is 0 Å². The molecule has 27 heavy (non-hydrogen) atoms. The van der Waals surface area contributed by atoms with Crippen molar-refractivity contribution >= 4 is 5.82 Å². The number of anilines is 1. The summed E-state index contributed by atoms with van der Waals surface area (Å²) >= 11 is 0. The van der Waals surface area contributed by atoms with E-state index in [1.54, 1.807) is 17.1 Å². The summed E-state index contributed by atoms with van der Waals surface area (Å²) in [5, 5.41) is 4.58. The van der Waals surface area contributed by atoms with E-state index < -0.39 is 0 Å². The molecule has 2 aromatic rings. The quantitative estimate of drug-likeness (QED) is 0.793. The van der Waals surface area contributed by atoms with Crippen LogP contribution < -0.4 is 10.5 Å². The van der Waals surface area contributed by atoms with Crippen LogP contribution in [0.15, 0.2) is 23.3 Å². The Balaban J connectivity index is 1.17. The number of piperazine rings is 1. The van der Waals surface area contributed by atoms with Crippen LogP contribution in [0.2, 0.25) is 0 Å². The highest BCUT2D eigenvalue weighted by Crippen LogP contribution is 2.39. The molecule has 5 rings (SSSR count). The average Bonchev–Trinajstić information content (AvgIpc) is 3.46. The highest BCUT2D eigenvalue weighted by molar-refractivity contribution is 5.41. The summed E-state index contributed by atoms with van der Waals surface area (Å²) in [6.45, 7) is 5.45. The molecule has 1 saturated carbocycles. The van der Waals surface area contributed by atoms with Crippen LogP contribution in [0.5, 0.6) is 0 Å². The summed E-state index contributed by atoms with van der Waals surface area (Å²) in [6.07, 6.45) is 7.38. The Morgan fingerprint density at radius 2 is 1.85 bits per heavy atom. The van der Waals surface area contributed by atoms with Gasteiger partial charge in [0.2, 0.25) is 0 Å². The van der Waals surface area contributed by atoms with E-state index in [1.165, 1.54) is 18.5 Å². The Bertz CT molecular complexity index is 882. The predicted octanol–water partition coefficient (Wildman–Crippen LogP) is 1.22. The maximum Gasteiger partial charge on any atom is 0.267 e. The minimum absolute atomic E-state index is 0.0443. The molecule has 2 aliphatic carbocycles. The van der Waals surface area contributed by atoms with Crippen molar-refractivity contribution in [3.63, 3.8) is 0 Å². The van der Waals surface area contributed by atoms with Crippen LogP contribution in [0.25, 0.3) is 0 Å². The van der Waals surface area contributed by atoms with Gasteiger partial charge >= 0.3 is 0 Å². The third-order valence-electron chi connectivity index (χ3n) is 6.02. The molecular formula is C20H26N6O. The van der Waals surface area contributed by atoms with Crippen molar-refractivity contribution in [2.75, 3.05) is 37.6 Å². The Morgan fingerprint density at radius 1 is 1.00 bits per heavy atom. The van der Waals surface area contributed by atoms with Gasteiger partial charge in [0, 0.05) is 56.5 Å². The summed E-state index contributed by atoms with van der Waals surface area (Å²) < 4.78 is 1.66. The molecular weight excluding hydrogens is 340 g/mol. The van der Waals surface area contributed by atoms with Gasteiger partial charge in [0.15, 0.2) is 0 Å². The summed E-state index contributed by atoms with van der Waals surface area (Å²) in [5.41, 5.74) is 3.52. The van der Waals surface area contributed by atoms with Crippen molar-refractivity contribution in [2.45, 2.75) is 44.6 Å². The number of aromatic nitrogens is 4. The third kappa shape index (κ3) is 3.60. The zero-order valence-corrected chi connectivity index (χ0v) is 15.7. The van der Waals surface area contributed by atoms with Crippen LogP contribution in [-0.4, -0.2) is 57.4 Å². The van der Waals surface area contributed by atoms with Gasteiger partial charge in [-0.15, -0.1) is 0 Å². The Labute approximate surface area is 159 Å². The van der Waals surface area contributed by atoms with E-state index in [1.807, 2.05) is 0 Å².